The molecule has 1 heterocycles. The van der Waals surface area contributed by atoms with Crippen molar-refractivity contribution in [1.82, 2.24) is 4.90 Å². The van der Waals surface area contributed by atoms with Crippen LogP contribution in [0, 0.1) is 10.1 Å². The number of rotatable bonds is 4. The number of nitrogens with zero attached hydrogens (tertiary/aromatic N) is 3. The summed E-state index contributed by atoms with van der Waals surface area (Å²) >= 11 is 1.45. The van der Waals surface area contributed by atoms with E-state index in [-0.39, 0.29) is 12.3 Å². The van der Waals surface area contributed by atoms with Gasteiger partial charge in [-0.15, -0.1) is 0 Å². The van der Waals surface area contributed by atoms with E-state index in [1.54, 1.807) is 19.1 Å². The van der Waals surface area contributed by atoms with Crippen LogP contribution in [0.3, 0.4) is 0 Å². The van der Waals surface area contributed by atoms with Crippen LogP contribution in [0.5, 0.6) is 0 Å². The van der Waals surface area contributed by atoms with Gasteiger partial charge in [-0.05, 0) is 25.7 Å². The number of aliphatic imine (C=N–C) groups is 1. The highest BCUT2D eigenvalue weighted by Gasteiger charge is 2.33. The van der Waals surface area contributed by atoms with Crippen molar-refractivity contribution in [1.29, 1.82) is 0 Å². The number of ether oxygens (including phenoxy) is 1. The zero-order valence-corrected chi connectivity index (χ0v) is 14.8. The van der Waals surface area contributed by atoms with Crippen LogP contribution in [0.4, 0.5) is 5.69 Å². The maximum absolute atomic E-state index is 12.4. The average Bonchev–Trinajstić information content (AvgIpc) is 2.57. The van der Waals surface area contributed by atoms with Crippen molar-refractivity contribution in [3.8, 4) is 0 Å². The molecule has 0 spiro atoms. The van der Waals surface area contributed by atoms with Gasteiger partial charge in [-0.2, -0.15) is 0 Å². The Kier molecular flexibility index (Phi) is 5.61. The van der Waals surface area contributed by atoms with Crippen LogP contribution >= 0.6 is 11.8 Å². The molecule has 2 rings (SSSR count). The predicted octanol–water partition coefficient (Wildman–Crippen LogP) is 3.14. The Balaban J connectivity index is 2.57. The molecule has 0 fully saturated rings. The number of nitro groups is 1. The quantitative estimate of drug-likeness (QED) is 0.472. The van der Waals surface area contributed by atoms with Gasteiger partial charge in [0.2, 0.25) is 0 Å². The van der Waals surface area contributed by atoms with Crippen LogP contribution in [-0.2, 0) is 9.53 Å². The summed E-state index contributed by atoms with van der Waals surface area (Å²) in [7, 11) is 1.83. The summed E-state index contributed by atoms with van der Waals surface area (Å²) in [6, 6.07) is 5.57. The van der Waals surface area contributed by atoms with E-state index >= 15 is 0 Å². The van der Waals surface area contributed by atoms with E-state index in [2.05, 4.69) is 4.99 Å². The number of thioether (sulfide) groups is 1. The molecule has 1 atom stereocenters. The summed E-state index contributed by atoms with van der Waals surface area (Å²) in [5.74, 6) is -0.456. The van der Waals surface area contributed by atoms with E-state index in [0.717, 1.165) is 10.9 Å². The normalized spacial score (nSPS) is 17.6. The largest absolute Gasteiger partial charge is 0.463 e. The molecule has 0 saturated heterocycles. The lowest BCUT2D eigenvalue weighted by molar-refractivity contribution is -0.384. The lowest BCUT2D eigenvalue weighted by Crippen LogP contribution is -2.32. The van der Waals surface area contributed by atoms with Gasteiger partial charge < -0.3 is 9.64 Å². The van der Waals surface area contributed by atoms with Gasteiger partial charge >= 0.3 is 5.97 Å². The first-order valence-corrected chi connectivity index (χ1v) is 8.60. The van der Waals surface area contributed by atoms with E-state index in [1.165, 1.54) is 23.9 Å². The average molecular weight is 349 g/mol. The topological polar surface area (TPSA) is 85.0 Å². The standard InChI is InChI=1S/C16H19N3O4S/c1-5-23-15(20)13-10(2)18(3)16(24-4)17-14(13)11-7-6-8-12(9-11)19(21)22/h6-9,14H,5H2,1-4H3/t14-/m1/s1. The smallest absolute Gasteiger partial charge is 0.338 e. The maximum Gasteiger partial charge on any atom is 0.338 e. The molecule has 0 saturated carbocycles. The number of esters is 1. The highest BCUT2D eigenvalue weighted by molar-refractivity contribution is 8.13. The Hall–Kier alpha value is -2.35. The van der Waals surface area contributed by atoms with E-state index < -0.39 is 16.9 Å². The molecule has 1 aromatic rings. The van der Waals surface area contributed by atoms with Crippen molar-refractivity contribution in [2.75, 3.05) is 19.9 Å². The number of benzene rings is 1. The molecule has 0 radical (unpaired) electrons. The van der Waals surface area contributed by atoms with Gasteiger partial charge in [0, 0.05) is 24.9 Å². The van der Waals surface area contributed by atoms with Crippen molar-refractivity contribution >= 4 is 28.6 Å². The fraction of sp³-hybridized carbons (Fsp3) is 0.375. The monoisotopic (exact) mass is 349 g/mol. The number of hydrogen-bond donors (Lipinski definition) is 0. The zero-order valence-electron chi connectivity index (χ0n) is 14.0. The van der Waals surface area contributed by atoms with Crippen molar-refractivity contribution < 1.29 is 14.5 Å². The molecule has 0 amide bonds. The third-order valence-corrected chi connectivity index (χ3v) is 4.51. The SMILES string of the molecule is CCOC(=O)C1=C(C)N(C)C(SC)=N[C@@H]1c1cccc([N+](=O)[O-])c1. The van der Waals surface area contributed by atoms with Crippen molar-refractivity contribution in [2.24, 2.45) is 4.99 Å². The molecule has 8 heteroatoms. The van der Waals surface area contributed by atoms with Gasteiger partial charge in [-0.3, -0.25) is 10.1 Å². The van der Waals surface area contributed by atoms with Crippen molar-refractivity contribution in [3.63, 3.8) is 0 Å². The summed E-state index contributed by atoms with van der Waals surface area (Å²) in [5, 5.41) is 11.8. The Morgan fingerprint density at radius 2 is 2.21 bits per heavy atom. The first kappa shape index (κ1) is 18.0. The molecule has 7 nitrogen and oxygen atoms in total. The molecule has 128 valence electrons. The lowest BCUT2D eigenvalue weighted by atomic mass is 9.96. The van der Waals surface area contributed by atoms with Gasteiger partial charge in [0.15, 0.2) is 5.17 Å². The predicted molar refractivity (Wildman–Crippen MR) is 93.9 cm³/mol. The second-order valence-electron chi connectivity index (χ2n) is 5.15. The molecule has 1 aromatic carbocycles. The highest BCUT2D eigenvalue weighted by Crippen LogP contribution is 2.36. The molecule has 0 aliphatic carbocycles. The molecular weight excluding hydrogens is 330 g/mol. The summed E-state index contributed by atoms with van der Waals surface area (Å²) in [4.78, 5) is 29.5. The minimum Gasteiger partial charge on any atom is -0.463 e. The minimum absolute atomic E-state index is 0.0341. The third-order valence-electron chi connectivity index (χ3n) is 3.77. The molecule has 0 unspecified atom stereocenters. The highest BCUT2D eigenvalue weighted by atomic mass is 32.2. The van der Waals surface area contributed by atoms with Crippen LogP contribution < -0.4 is 0 Å². The molecule has 1 aliphatic heterocycles. The summed E-state index contributed by atoms with van der Waals surface area (Å²) < 4.78 is 5.17. The fourth-order valence-corrected chi connectivity index (χ4v) is 3.11. The second-order valence-corrected chi connectivity index (χ2v) is 5.92. The summed E-state index contributed by atoms with van der Waals surface area (Å²) in [6.45, 7) is 3.81. The minimum atomic E-state index is -0.623. The van der Waals surface area contributed by atoms with Gasteiger partial charge in [-0.25, -0.2) is 9.79 Å². The molecule has 1 aliphatic rings. The lowest BCUT2D eigenvalue weighted by Gasteiger charge is -2.31. The summed E-state index contributed by atoms with van der Waals surface area (Å²) in [5.41, 5.74) is 1.68. The number of carbonyl (C=O) groups is 1. The molecule has 0 bridgehead atoms. The van der Waals surface area contributed by atoms with Crippen LogP contribution in [-0.4, -0.2) is 40.9 Å². The van der Waals surface area contributed by atoms with E-state index in [4.69, 9.17) is 4.74 Å². The first-order valence-electron chi connectivity index (χ1n) is 7.38. The number of nitro benzene ring substituents is 1. The molecule has 24 heavy (non-hydrogen) atoms. The Labute approximate surface area is 144 Å². The summed E-state index contributed by atoms with van der Waals surface area (Å²) in [6.07, 6.45) is 1.89. The van der Waals surface area contributed by atoms with Gasteiger partial charge in [-0.1, -0.05) is 23.9 Å². The molecule has 0 N–H and O–H groups in total. The number of non-ortho nitro benzene ring substituents is 1. The Bertz CT molecular complexity index is 730. The van der Waals surface area contributed by atoms with E-state index in [0.29, 0.717) is 11.1 Å². The number of allylic oxidation sites excluding steroid dienone is 1. The fourth-order valence-electron chi connectivity index (χ4n) is 2.49. The van der Waals surface area contributed by atoms with Gasteiger partial charge in [0.1, 0.15) is 6.04 Å². The van der Waals surface area contributed by atoms with Crippen LogP contribution in [0.1, 0.15) is 25.5 Å². The van der Waals surface area contributed by atoms with Crippen LogP contribution in [0.15, 0.2) is 40.5 Å². The number of carbonyl (C=O) groups excluding carboxylic acids is 1. The Morgan fingerprint density at radius 3 is 2.79 bits per heavy atom. The van der Waals surface area contributed by atoms with Gasteiger partial charge in [0.05, 0.1) is 17.1 Å². The zero-order chi connectivity index (χ0) is 17.9. The van der Waals surface area contributed by atoms with E-state index in [1.807, 2.05) is 25.1 Å². The van der Waals surface area contributed by atoms with Crippen molar-refractivity contribution in [3.05, 3.63) is 51.2 Å². The molecule has 0 aromatic heterocycles. The van der Waals surface area contributed by atoms with Crippen LogP contribution in [0.25, 0.3) is 0 Å². The number of hydrogen-bond acceptors (Lipinski definition) is 7. The molecular formula is C16H19N3O4S. The second kappa shape index (κ2) is 7.48. The third kappa shape index (κ3) is 3.43. The first-order chi connectivity index (χ1) is 11.4. The van der Waals surface area contributed by atoms with Crippen LogP contribution in [0.2, 0.25) is 0 Å². The Morgan fingerprint density at radius 1 is 1.50 bits per heavy atom. The maximum atomic E-state index is 12.4. The number of amidine groups is 1. The van der Waals surface area contributed by atoms with Gasteiger partial charge in [0.25, 0.3) is 5.69 Å². The van der Waals surface area contributed by atoms with Crippen molar-refractivity contribution in [2.45, 2.75) is 19.9 Å². The van der Waals surface area contributed by atoms with E-state index in [9.17, 15) is 14.9 Å².